The number of nitrogens with zero attached hydrogens (tertiary/aromatic N) is 1. The van der Waals surface area contributed by atoms with Gasteiger partial charge in [-0.2, -0.15) is 0 Å². The lowest BCUT2D eigenvalue weighted by molar-refractivity contribution is -0.157. The van der Waals surface area contributed by atoms with E-state index in [1.807, 2.05) is 20.8 Å². The lowest BCUT2D eigenvalue weighted by atomic mass is 10.1. The quantitative estimate of drug-likeness (QED) is 0.801. The molecule has 0 aliphatic carbocycles. The number of oxime groups is 1. The van der Waals surface area contributed by atoms with Crippen molar-refractivity contribution in [3.8, 4) is 0 Å². The minimum atomic E-state index is -0.669. The summed E-state index contributed by atoms with van der Waals surface area (Å²) in [6.45, 7) is 5.43. The van der Waals surface area contributed by atoms with Gasteiger partial charge in [-0.3, -0.25) is 4.79 Å². The summed E-state index contributed by atoms with van der Waals surface area (Å²) in [6, 6.07) is -0.669. The molecule has 6 heteroatoms. The van der Waals surface area contributed by atoms with E-state index in [1.54, 1.807) is 0 Å². The van der Waals surface area contributed by atoms with Crippen LogP contribution in [0.15, 0.2) is 5.16 Å². The van der Waals surface area contributed by atoms with Crippen LogP contribution < -0.4 is 5.73 Å². The average Bonchev–Trinajstić information content (AvgIpc) is 2.48. The van der Waals surface area contributed by atoms with Crippen LogP contribution >= 0.6 is 15.9 Å². The molecule has 0 aromatic carbocycles. The molecule has 0 fully saturated rings. The van der Waals surface area contributed by atoms with E-state index in [0.29, 0.717) is 12.8 Å². The molecule has 0 saturated carbocycles. The smallest absolute Gasteiger partial charge is 0.323 e. The van der Waals surface area contributed by atoms with Crippen LogP contribution in [0, 0.1) is 0 Å². The second kappa shape index (κ2) is 5.14. The molecule has 0 amide bonds. The second-order valence-corrected chi connectivity index (χ2v) is 5.69. The number of ether oxygens (including phenoxy) is 1. The molecule has 92 valence electrons. The van der Waals surface area contributed by atoms with Crippen molar-refractivity contribution in [3.05, 3.63) is 0 Å². The van der Waals surface area contributed by atoms with Crippen molar-refractivity contribution in [1.29, 1.82) is 0 Å². The number of nitrogens with two attached hydrogens (primary N) is 1. The van der Waals surface area contributed by atoms with Gasteiger partial charge in [0.2, 0.25) is 0 Å². The number of hydrogen-bond donors (Lipinski definition) is 1. The Labute approximate surface area is 103 Å². The molecule has 0 aromatic rings. The summed E-state index contributed by atoms with van der Waals surface area (Å²) in [6.07, 6.45) is 0.918. The zero-order valence-corrected chi connectivity index (χ0v) is 11.3. The maximum absolute atomic E-state index is 11.6. The Morgan fingerprint density at radius 1 is 1.75 bits per heavy atom. The predicted molar refractivity (Wildman–Crippen MR) is 64.3 cm³/mol. The molecule has 1 heterocycles. The maximum Gasteiger partial charge on any atom is 0.323 e. The summed E-state index contributed by atoms with van der Waals surface area (Å²) in [4.78, 5) is 16.6. The molecule has 16 heavy (non-hydrogen) atoms. The molecule has 0 unspecified atom stereocenters. The van der Waals surface area contributed by atoms with Crippen molar-refractivity contribution in [2.24, 2.45) is 10.9 Å². The number of halogens is 1. The van der Waals surface area contributed by atoms with Crippen LogP contribution in [0.5, 0.6) is 0 Å². The van der Waals surface area contributed by atoms with E-state index >= 15 is 0 Å². The van der Waals surface area contributed by atoms with Gasteiger partial charge in [0.1, 0.15) is 22.4 Å². The van der Waals surface area contributed by atoms with Crippen molar-refractivity contribution < 1.29 is 14.4 Å². The van der Waals surface area contributed by atoms with Gasteiger partial charge < -0.3 is 15.3 Å². The first kappa shape index (κ1) is 13.4. The van der Waals surface area contributed by atoms with E-state index in [-0.39, 0.29) is 6.10 Å². The third-order valence-electron chi connectivity index (χ3n) is 1.92. The summed E-state index contributed by atoms with van der Waals surface area (Å²) in [7, 11) is 0. The normalized spacial score (nSPS) is 22.3. The molecule has 1 aliphatic rings. The van der Waals surface area contributed by atoms with E-state index in [2.05, 4.69) is 21.1 Å². The van der Waals surface area contributed by atoms with E-state index in [1.165, 1.54) is 0 Å². The minimum absolute atomic E-state index is 0.142. The standard InChI is InChI=1S/C10H17BrN2O3/c1-10(2,3)15-9(14)7(12)4-6-5-8(11)13-16-6/h6-7H,4-5,12H2,1-3H3/t6-,7-/m0/s1. The lowest BCUT2D eigenvalue weighted by Gasteiger charge is -2.22. The van der Waals surface area contributed by atoms with Crippen molar-refractivity contribution in [2.45, 2.75) is 51.4 Å². The Bertz CT molecular complexity index is 299. The Morgan fingerprint density at radius 3 is 2.81 bits per heavy atom. The Morgan fingerprint density at radius 2 is 2.38 bits per heavy atom. The molecule has 2 atom stereocenters. The SMILES string of the molecule is CC(C)(C)OC(=O)[C@@H](N)C[C@H]1CC(Br)=NO1. The number of hydrogen-bond acceptors (Lipinski definition) is 5. The van der Waals surface area contributed by atoms with Gasteiger partial charge in [0.25, 0.3) is 0 Å². The first-order valence-corrected chi connectivity index (χ1v) is 5.94. The van der Waals surface area contributed by atoms with Crippen LogP contribution in [0.1, 0.15) is 33.6 Å². The zero-order valence-electron chi connectivity index (χ0n) is 9.70. The van der Waals surface area contributed by atoms with E-state index in [0.717, 1.165) is 4.62 Å². The molecule has 0 saturated heterocycles. The Balaban J connectivity index is 2.35. The number of carbonyl (C=O) groups is 1. The topological polar surface area (TPSA) is 73.9 Å². The predicted octanol–water partition coefficient (Wildman–Crippen LogP) is 1.54. The molecular formula is C10H17BrN2O3. The van der Waals surface area contributed by atoms with Crippen LogP contribution in [0.4, 0.5) is 0 Å². The summed E-state index contributed by atoms with van der Waals surface area (Å²) < 4.78 is 5.91. The van der Waals surface area contributed by atoms with Crippen molar-refractivity contribution in [3.63, 3.8) is 0 Å². The molecule has 0 radical (unpaired) electrons. The Hall–Kier alpha value is -0.620. The molecule has 2 N–H and O–H groups in total. The van der Waals surface area contributed by atoms with Gasteiger partial charge in [0.15, 0.2) is 0 Å². The largest absolute Gasteiger partial charge is 0.459 e. The van der Waals surface area contributed by atoms with Crippen LogP contribution in [0.25, 0.3) is 0 Å². The van der Waals surface area contributed by atoms with Gasteiger partial charge >= 0.3 is 5.97 Å². The third kappa shape index (κ3) is 4.49. The summed E-state index contributed by atoms with van der Waals surface area (Å²) in [5, 5.41) is 3.73. The highest BCUT2D eigenvalue weighted by Crippen LogP contribution is 2.19. The second-order valence-electron chi connectivity index (χ2n) is 4.77. The first-order chi connectivity index (χ1) is 7.28. The fourth-order valence-electron chi connectivity index (χ4n) is 1.28. The molecule has 1 aliphatic heterocycles. The number of esters is 1. The van der Waals surface area contributed by atoms with Gasteiger partial charge in [-0.05, 0) is 36.7 Å². The van der Waals surface area contributed by atoms with Crippen molar-refractivity contribution in [1.82, 2.24) is 0 Å². The maximum atomic E-state index is 11.6. The van der Waals surface area contributed by atoms with Gasteiger partial charge in [-0.15, -0.1) is 0 Å². The van der Waals surface area contributed by atoms with Gasteiger partial charge in [0.05, 0.1) is 0 Å². The monoisotopic (exact) mass is 292 g/mol. The highest BCUT2D eigenvalue weighted by atomic mass is 79.9. The highest BCUT2D eigenvalue weighted by molar-refractivity contribution is 9.18. The van der Waals surface area contributed by atoms with Gasteiger partial charge in [-0.1, -0.05) is 5.16 Å². The van der Waals surface area contributed by atoms with Crippen LogP contribution in [-0.4, -0.2) is 28.3 Å². The summed E-state index contributed by atoms with van der Waals surface area (Å²) >= 11 is 3.22. The van der Waals surface area contributed by atoms with Crippen molar-refractivity contribution in [2.75, 3.05) is 0 Å². The highest BCUT2D eigenvalue weighted by Gasteiger charge is 2.28. The summed E-state index contributed by atoms with van der Waals surface area (Å²) in [5.74, 6) is -0.404. The van der Waals surface area contributed by atoms with E-state index in [4.69, 9.17) is 15.3 Å². The number of rotatable bonds is 3. The first-order valence-electron chi connectivity index (χ1n) is 5.14. The number of carbonyl (C=O) groups excluding carboxylic acids is 1. The van der Waals surface area contributed by atoms with Gasteiger partial charge in [0, 0.05) is 12.8 Å². The lowest BCUT2D eigenvalue weighted by Crippen LogP contribution is -2.39. The molecule has 0 bridgehead atoms. The fourth-order valence-corrected chi connectivity index (χ4v) is 1.72. The van der Waals surface area contributed by atoms with E-state index < -0.39 is 17.6 Å². The molecule has 5 nitrogen and oxygen atoms in total. The average molecular weight is 293 g/mol. The molecule has 0 aromatic heterocycles. The Kier molecular flexibility index (Phi) is 4.32. The molecule has 0 spiro atoms. The van der Waals surface area contributed by atoms with Crippen LogP contribution in [0.2, 0.25) is 0 Å². The molecular weight excluding hydrogens is 276 g/mol. The van der Waals surface area contributed by atoms with Crippen molar-refractivity contribution >= 4 is 26.5 Å². The zero-order chi connectivity index (χ0) is 12.3. The van der Waals surface area contributed by atoms with Crippen LogP contribution in [-0.2, 0) is 14.4 Å². The fraction of sp³-hybridized carbons (Fsp3) is 0.800. The third-order valence-corrected chi connectivity index (χ3v) is 2.39. The van der Waals surface area contributed by atoms with Crippen LogP contribution in [0.3, 0.4) is 0 Å². The molecule has 1 rings (SSSR count). The van der Waals surface area contributed by atoms with Gasteiger partial charge in [-0.25, -0.2) is 0 Å². The summed E-state index contributed by atoms with van der Waals surface area (Å²) in [5.41, 5.74) is 5.22. The minimum Gasteiger partial charge on any atom is -0.459 e. The van der Waals surface area contributed by atoms with E-state index in [9.17, 15) is 4.79 Å².